The number of rotatable bonds is 14. The fourth-order valence-corrected chi connectivity index (χ4v) is 5.84. The van der Waals surface area contributed by atoms with E-state index in [2.05, 4.69) is 65.9 Å². The van der Waals surface area contributed by atoms with Crippen molar-refractivity contribution in [2.75, 3.05) is 0 Å². The van der Waals surface area contributed by atoms with Gasteiger partial charge in [-0.15, -0.1) is 0 Å². The van der Waals surface area contributed by atoms with Crippen molar-refractivity contribution in [1.82, 2.24) is 4.81 Å². The average molecular weight is 445 g/mol. The van der Waals surface area contributed by atoms with Crippen molar-refractivity contribution in [1.29, 1.82) is 0 Å². The second kappa shape index (κ2) is 13.2. The standard InChI is InChI=1S/C28H51BNO2/c1-7-9-11-13-15-17-23(18-16-14-12-10-8-2)29-30-25-21-24(32-26(25)31)19-20-27(3,4)22-28(30,5)6/h19-20,23-25H,7-18,21-22H2,1-6H3. The predicted molar refractivity (Wildman–Crippen MR) is 138 cm³/mol. The van der Waals surface area contributed by atoms with E-state index in [1.54, 1.807) is 0 Å². The summed E-state index contributed by atoms with van der Waals surface area (Å²) in [4.78, 5) is 15.3. The van der Waals surface area contributed by atoms with Gasteiger partial charge in [0.1, 0.15) is 12.1 Å². The van der Waals surface area contributed by atoms with E-state index in [-0.39, 0.29) is 29.1 Å². The van der Waals surface area contributed by atoms with E-state index in [0.717, 1.165) is 12.8 Å². The first kappa shape index (κ1) is 27.5. The molecule has 2 rings (SSSR count). The Kier molecular flexibility index (Phi) is 11.3. The Morgan fingerprint density at radius 2 is 1.53 bits per heavy atom. The summed E-state index contributed by atoms with van der Waals surface area (Å²) in [6, 6.07) is -0.142. The monoisotopic (exact) mass is 444 g/mol. The molecular formula is C28H51BNO2. The molecule has 183 valence electrons. The molecule has 0 amide bonds. The molecule has 1 radical (unpaired) electrons. The predicted octanol–water partition coefficient (Wildman–Crippen LogP) is 7.87. The van der Waals surface area contributed by atoms with Gasteiger partial charge in [0, 0.05) is 12.0 Å². The lowest BCUT2D eigenvalue weighted by Crippen LogP contribution is -2.55. The highest BCUT2D eigenvalue weighted by Crippen LogP contribution is 2.40. The van der Waals surface area contributed by atoms with Crippen LogP contribution in [0.1, 0.15) is 131 Å². The van der Waals surface area contributed by atoms with Crippen LogP contribution >= 0.6 is 0 Å². The molecule has 4 heteroatoms. The molecule has 2 aliphatic heterocycles. The lowest BCUT2D eigenvalue weighted by atomic mass is 9.64. The summed E-state index contributed by atoms with van der Waals surface area (Å²) in [5.41, 5.74) is 0.00169. The van der Waals surface area contributed by atoms with Gasteiger partial charge in [0.2, 0.25) is 7.41 Å². The van der Waals surface area contributed by atoms with Gasteiger partial charge in [-0.25, -0.2) is 0 Å². The first-order valence-electron chi connectivity index (χ1n) is 13.7. The second-order valence-corrected chi connectivity index (χ2v) is 11.8. The summed E-state index contributed by atoms with van der Waals surface area (Å²) in [5.74, 6) is 0.523. The van der Waals surface area contributed by atoms with Crippen molar-refractivity contribution < 1.29 is 9.53 Å². The highest BCUT2D eigenvalue weighted by atomic mass is 16.6. The highest BCUT2D eigenvalue weighted by Gasteiger charge is 2.46. The Morgan fingerprint density at radius 1 is 0.969 bits per heavy atom. The van der Waals surface area contributed by atoms with Crippen LogP contribution in [0.4, 0.5) is 0 Å². The van der Waals surface area contributed by atoms with Crippen LogP contribution < -0.4 is 0 Å². The number of fused-ring (bicyclic) bond motifs is 2. The summed E-state index contributed by atoms with van der Waals surface area (Å²) in [5, 5.41) is 0. The summed E-state index contributed by atoms with van der Waals surface area (Å²) in [6.07, 6.45) is 21.9. The van der Waals surface area contributed by atoms with Crippen LogP contribution in [0.5, 0.6) is 0 Å². The van der Waals surface area contributed by atoms with Crippen molar-refractivity contribution in [3.63, 3.8) is 0 Å². The van der Waals surface area contributed by atoms with Crippen LogP contribution in [0.2, 0.25) is 5.82 Å². The maximum Gasteiger partial charge on any atom is 0.323 e. The van der Waals surface area contributed by atoms with Gasteiger partial charge >= 0.3 is 5.97 Å². The topological polar surface area (TPSA) is 29.5 Å². The normalized spacial score (nSPS) is 24.8. The number of ether oxygens (including phenoxy) is 1. The fraction of sp³-hybridized carbons (Fsp3) is 0.893. The number of carbonyl (C=O) groups is 1. The van der Waals surface area contributed by atoms with E-state index in [4.69, 9.17) is 4.74 Å². The Morgan fingerprint density at radius 3 is 2.09 bits per heavy atom. The largest absolute Gasteiger partial charge is 0.457 e. The minimum atomic E-state index is -0.142. The van der Waals surface area contributed by atoms with Crippen LogP contribution in [0.15, 0.2) is 12.2 Å². The minimum Gasteiger partial charge on any atom is -0.457 e. The van der Waals surface area contributed by atoms with Gasteiger partial charge in [0.05, 0.1) is 0 Å². The maximum absolute atomic E-state index is 12.9. The maximum atomic E-state index is 12.9. The molecular weight excluding hydrogens is 393 g/mol. The highest BCUT2D eigenvalue weighted by molar-refractivity contribution is 6.35. The van der Waals surface area contributed by atoms with Crippen LogP contribution in [0.25, 0.3) is 0 Å². The van der Waals surface area contributed by atoms with Gasteiger partial charge in [-0.2, -0.15) is 0 Å². The third-order valence-electron chi connectivity index (χ3n) is 7.41. The zero-order chi connectivity index (χ0) is 23.6. The molecule has 0 saturated carbocycles. The number of nitrogens with zero attached hydrogens (tertiary/aromatic N) is 1. The molecule has 2 atom stereocenters. The summed E-state index contributed by atoms with van der Waals surface area (Å²) in [6.45, 7) is 13.8. The minimum absolute atomic E-state index is 0.0340. The quantitative estimate of drug-likeness (QED) is 0.118. The third kappa shape index (κ3) is 8.88. The van der Waals surface area contributed by atoms with Crippen LogP contribution in [-0.2, 0) is 9.53 Å². The molecule has 0 aliphatic carbocycles. The van der Waals surface area contributed by atoms with E-state index in [1.165, 1.54) is 77.0 Å². The lowest BCUT2D eigenvalue weighted by molar-refractivity contribution is -0.144. The van der Waals surface area contributed by atoms with Gasteiger partial charge in [0.25, 0.3) is 0 Å². The summed E-state index contributed by atoms with van der Waals surface area (Å²) >= 11 is 0. The van der Waals surface area contributed by atoms with Crippen LogP contribution in [-0.4, -0.2) is 35.9 Å². The van der Waals surface area contributed by atoms with Gasteiger partial charge in [-0.1, -0.05) is 117 Å². The van der Waals surface area contributed by atoms with Crippen molar-refractivity contribution >= 4 is 13.4 Å². The zero-order valence-electron chi connectivity index (χ0n) is 22.1. The fourth-order valence-electron chi connectivity index (χ4n) is 5.84. The van der Waals surface area contributed by atoms with Crippen molar-refractivity contribution in [3.8, 4) is 0 Å². The Hall–Kier alpha value is -0.765. The number of hydrogen-bond acceptors (Lipinski definition) is 3. The molecule has 0 aromatic heterocycles. The van der Waals surface area contributed by atoms with E-state index < -0.39 is 0 Å². The molecule has 2 aliphatic rings. The van der Waals surface area contributed by atoms with Gasteiger partial charge in [-0.3, -0.25) is 4.79 Å². The van der Waals surface area contributed by atoms with E-state index in [9.17, 15) is 4.79 Å². The number of unbranched alkanes of at least 4 members (excludes halogenated alkanes) is 8. The molecule has 0 aromatic carbocycles. The Bertz CT molecular complexity index is 572. The molecule has 1 saturated heterocycles. The average Bonchev–Trinajstić information content (AvgIpc) is 3.09. The molecule has 2 bridgehead atoms. The SMILES string of the molecule is CCCCCCCC([B]N1C2CC(C=CC(C)(C)CC1(C)C)OC2=O)CCCCCCC. The molecule has 2 unspecified atom stereocenters. The van der Waals surface area contributed by atoms with Crippen molar-refractivity contribution in [2.24, 2.45) is 5.41 Å². The molecule has 2 heterocycles. The Balaban J connectivity index is 2.11. The van der Waals surface area contributed by atoms with E-state index in [1.807, 2.05) is 0 Å². The van der Waals surface area contributed by atoms with Gasteiger partial charge in [0.15, 0.2) is 0 Å². The van der Waals surface area contributed by atoms with Crippen LogP contribution in [0.3, 0.4) is 0 Å². The third-order valence-corrected chi connectivity index (χ3v) is 7.41. The molecule has 0 spiro atoms. The molecule has 0 N–H and O–H groups in total. The summed E-state index contributed by atoms with van der Waals surface area (Å²) in [7, 11) is 2.48. The zero-order valence-corrected chi connectivity index (χ0v) is 22.1. The molecule has 32 heavy (non-hydrogen) atoms. The van der Waals surface area contributed by atoms with Crippen LogP contribution in [0, 0.1) is 5.41 Å². The number of hydrogen-bond donors (Lipinski definition) is 0. The first-order chi connectivity index (χ1) is 15.2. The van der Waals surface area contributed by atoms with Gasteiger partial charge in [-0.05, 0) is 31.8 Å². The Labute approximate surface area is 200 Å². The van der Waals surface area contributed by atoms with Gasteiger partial charge < -0.3 is 9.55 Å². The second-order valence-electron chi connectivity index (χ2n) is 11.8. The molecule has 3 nitrogen and oxygen atoms in total. The van der Waals surface area contributed by atoms with Crippen molar-refractivity contribution in [3.05, 3.63) is 12.2 Å². The summed E-state index contributed by atoms with van der Waals surface area (Å²) < 4.78 is 5.76. The molecule has 0 aromatic rings. The van der Waals surface area contributed by atoms with E-state index in [0.29, 0.717) is 5.82 Å². The number of carbonyl (C=O) groups excluding carboxylic acids is 1. The smallest absolute Gasteiger partial charge is 0.323 e. The van der Waals surface area contributed by atoms with E-state index >= 15 is 0 Å². The molecule has 1 fully saturated rings. The lowest BCUT2D eigenvalue weighted by Gasteiger charge is -2.46. The number of esters is 1. The number of allylic oxidation sites excluding steroid dienone is 1. The van der Waals surface area contributed by atoms with Crippen molar-refractivity contribution in [2.45, 2.75) is 155 Å². The first-order valence-corrected chi connectivity index (χ1v) is 13.7.